The molecule has 0 aliphatic carbocycles. The number of hydrogen-bond acceptors (Lipinski definition) is 5. The van der Waals surface area contributed by atoms with Crippen molar-refractivity contribution in [3.8, 4) is 0 Å². The number of nitrogens with one attached hydrogen (secondary N) is 2. The highest BCUT2D eigenvalue weighted by Crippen LogP contribution is 2.31. The molecule has 2 aromatic carbocycles. The number of aromatic nitrogens is 2. The van der Waals surface area contributed by atoms with Crippen LogP contribution in [0.4, 0.5) is 11.4 Å². The fraction of sp³-hybridized carbons (Fsp3) is 0.179. The van der Waals surface area contributed by atoms with E-state index in [2.05, 4.69) is 15.3 Å². The van der Waals surface area contributed by atoms with Crippen LogP contribution in [0.2, 0.25) is 5.02 Å². The lowest BCUT2D eigenvalue weighted by molar-refractivity contribution is -0.385. The number of fused-ring (bicyclic) bond motifs is 1. The summed E-state index contributed by atoms with van der Waals surface area (Å²) in [5.41, 5.74) is 3.13. The molecule has 2 amide bonds. The maximum Gasteiger partial charge on any atom is 0.276 e. The summed E-state index contributed by atoms with van der Waals surface area (Å²) in [6.45, 7) is 1.22. The summed E-state index contributed by atoms with van der Waals surface area (Å²) in [5, 5.41) is 15.1. The summed E-state index contributed by atoms with van der Waals surface area (Å²) in [6.07, 6.45) is 7.60. The molecule has 2 aromatic heterocycles. The van der Waals surface area contributed by atoms with E-state index in [-0.39, 0.29) is 17.5 Å². The van der Waals surface area contributed by atoms with E-state index in [9.17, 15) is 19.7 Å². The fourth-order valence-electron chi connectivity index (χ4n) is 4.69. The van der Waals surface area contributed by atoms with Gasteiger partial charge in [-0.2, -0.15) is 0 Å². The summed E-state index contributed by atoms with van der Waals surface area (Å²) < 4.78 is 0. The standard InChI is InChI=1S/C28H24ClN5O4/c29-26-22-11-14-30-27(22)31-17-23(26)28(36)33-15-12-19(13-16-33)18-5-8-21(9-6-18)32-25(35)10-7-20-3-1-2-4-24(20)34(37)38/h1-11,14,17,19H,12-13,15-16H2,(H,30,31)(H,32,35)/b10-7+. The van der Waals surface area contributed by atoms with Crippen molar-refractivity contribution >= 4 is 51.9 Å². The zero-order valence-corrected chi connectivity index (χ0v) is 21.0. The molecule has 0 saturated carbocycles. The normalized spacial score (nSPS) is 14.2. The summed E-state index contributed by atoms with van der Waals surface area (Å²) in [5.74, 6) is -0.201. The molecule has 0 atom stereocenters. The first-order chi connectivity index (χ1) is 18.4. The molecule has 1 aliphatic heterocycles. The Kier molecular flexibility index (Phi) is 7.19. The predicted octanol–water partition coefficient (Wildman–Crippen LogP) is 5.80. The van der Waals surface area contributed by atoms with Crippen molar-refractivity contribution in [2.45, 2.75) is 18.8 Å². The number of likely N-dealkylation sites (tertiary alicyclic amines) is 1. The van der Waals surface area contributed by atoms with Crippen molar-refractivity contribution in [2.24, 2.45) is 0 Å². The van der Waals surface area contributed by atoms with Gasteiger partial charge in [0.2, 0.25) is 5.91 Å². The second-order valence-electron chi connectivity index (χ2n) is 9.05. The molecular weight excluding hydrogens is 506 g/mol. The first-order valence-corrected chi connectivity index (χ1v) is 12.5. The zero-order valence-electron chi connectivity index (χ0n) is 20.3. The Morgan fingerprint density at radius 1 is 1.11 bits per heavy atom. The van der Waals surface area contributed by atoms with E-state index < -0.39 is 4.92 Å². The molecule has 4 aromatic rings. The number of nitrogens with zero attached hydrogens (tertiary/aromatic N) is 3. The van der Waals surface area contributed by atoms with E-state index in [4.69, 9.17) is 11.6 Å². The van der Waals surface area contributed by atoms with Crippen molar-refractivity contribution < 1.29 is 14.5 Å². The van der Waals surface area contributed by atoms with Gasteiger partial charge in [0, 0.05) is 48.7 Å². The van der Waals surface area contributed by atoms with E-state index in [0.29, 0.717) is 46.5 Å². The van der Waals surface area contributed by atoms with Crippen molar-refractivity contribution in [1.82, 2.24) is 14.9 Å². The minimum absolute atomic E-state index is 0.0601. The molecule has 192 valence electrons. The third-order valence-corrected chi connectivity index (χ3v) is 7.14. The Labute approximate surface area is 223 Å². The lowest BCUT2D eigenvalue weighted by Crippen LogP contribution is -2.38. The molecule has 9 nitrogen and oxygen atoms in total. The van der Waals surface area contributed by atoms with E-state index >= 15 is 0 Å². The monoisotopic (exact) mass is 529 g/mol. The number of amides is 2. The molecule has 2 N–H and O–H groups in total. The summed E-state index contributed by atoms with van der Waals surface area (Å²) in [6, 6.07) is 15.7. The molecule has 0 spiro atoms. The number of para-hydroxylation sites is 1. The minimum Gasteiger partial charge on any atom is -0.346 e. The van der Waals surface area contributed by atoms with E-state index in [1.807, 2.05) is 35.2 Å². The second kappa shape index (κ2) is 10.9. The maximum absolute atomic E-state index is 13.1. The first kappa shape index (κ1) is 25.2. The van der Waals surface area contributed by atoms with Crippen LogP contribution >= 0.6 is 11.6 Å². The summed E-state index contributed by atoms with van der Waals surface area (Å²) in [7, 11) is 0. The van der Waals surface area contributed by atoms with Crippen LogP contribution in [-0.2, 0) is 4.79 Å². The van der Waals surface area contributed by atoms with Crippen LogP contribution in [0.15, 0.2) is 73.1 Å². The van der Waals surface area contributed by atoms with Gasteiger partial charge in [-0.25, -0.2) is 4.98 Å². The molecule has 1 saturated heterocycles. The molecule has 10 heteroatoms. The topological polar surface area (TPSA) is 121 Å². The molecule has 3 heterocycles. The number of hydrogen-bond donors (Lipinski definition) is 2. The largest absolute Gasteiger partial charge is 0.346 e. The van der Waals surface area contributed by atoms with Crippen molar-refractivity contribution in [3.05, 3.63) is 105 Å². The Morgan fingerprint density at radius 2 is 1.84 bits per heavy atom. The highest BCUT2D eigenvalue weighted by atomic mass is 35.5. The van der Waals surface area contributed by atoms with Gasteiger partial charge in [-0.3, -0.25) is 19.7 Å². The van der Waals surface area contributed by atoms with Crippen LogP contribution in [0.3, 0.4) is 0 Å². The maximum atomic E-state index is 13.1. The number of benzene rings is 2. The summed E-state index contributed by atoms with van der Waals surface area (Å²) >= 11 is 6.47. The number of nitro benzene ring substituents is 1. The number of anilines is 1. The number of nitro groups is 1. The fourth-order valence-corrected chi connectivity index (χ4v) is 4.98. The van der Waals surface area contributed by atoms with Crippen molar-refractivity contribution in [2.75, 3.05) is 18.4 Å². The summed E-state index contributed by atoms with van der Waals surface area (Å²) in [4.78, 5) is 45.2. The van der Waals surface area contributed by atoms with Gasteiger partial charge in [0.25, 0.3) is 11.6 Å². The van der Waals surface area contributed by atoms with Gasteiger partial charge in [0.05, 0.1) is 21.1 Å². The molecule has 5 rings (SSSR count). The third-order valence-electron chi connectivity index (χ3n) is 6.73. The highest BCUT2D eigenvalue weighted by Gasteiger charge is 2.26. The number of carbonyl (C=O) groups excluding carboxylic acids is 2. The van der Waals surface area contributed by atoms with Crippen LogP contribution < -0.4 is 5.32 Å². The lowest BCUT2D eigenvalue weighted by atomic mass is 9.89. The first-order valence-electron chi connectivity index (χ1n) is 12.1. The third kappa shape index (κ3) is 5.28. The molecule has 1 fully saturated rings. The van der Waals surface area contributed by atoms with Crippen molar-refractivity contribution in [1.29, 1.82) is 0 Å². The number of H-pyrrole nitrogens is 1. The second-order valence-corrected chi connectivity index (χ2v) is 9.43. The lowest BCUT2D eigenvalue weighted by Gasteiger charge is -2.32. The number of pyridine rings is 1. The molecular formula is C28H24ClN5O4. The number of carbonyl (C=O) groups is 2. The van der Waals surface area contributed by atoms with Gasteiger partial charge < -0.3 is 15.2 Å². The Balaban J connectivity index is 1.17. The van der Waals surface area contributed by atoms with Gasteiger partial charge in [-0.05, 0) is 54.7 Å². The van der Waals surface area contributed by atoms with Crippen LogP contribution in [0, 0.1) is 10.1 Å². The van der Waals surface area contributed by atoms with Crippen LogP contribution in [0.25, 0.3) is 17.1 Å². The van der Waals surface area contributed by atoms with Gasteiger partial charge in [0.1, 0.15) is 5.65 Å². The zero-order chi connectivity index (χ0) is 26.6. The van der Waals surface area contributed by atoms with Gasteiger partial charge in [0.15, 0.2) is 0 Å². The quantitative estimate of drug-likeness (QED) is 0.186. The number of rotatable bonds is 6. The van der Waals surface area contributed by atoms with Gasteiger partial charge in [-0.1, -0.05) is 35.9 Å². The minimum atomic E-state index is -0.481. The van der Waals surface area contributed by atoms with Gasteiger partial charge >= 0.3 is 0 Å². The molecule has 38 heavy (non-hydrogen) atoms. The van der Waals surface area contributed by atoms with Gasteiger partial charge in [-0.15, -0.1) is 0 Å². The Bertz CT molecular complexity index is 1540. The highest BCUT2D eigenvalue weighted by molar-refractivity contribution is 6.38. The van der Waals surface area contributed by atoms with Crippen molar-refractivity contribution in [3.63, 3.8) is 0 Å². The number of aromatic amines is 1. The van der Waals surface area contributed by atoms with E-state index in [0.717, 1.165) is 23.8 Å². The van der Waals surface area contributed by atoms with E-state index in [1.54, 1.807) is 24.4 Å². The molecule has 1 aliphatic rings. The van der Waals surface area contributed by atoms with Crippen LogP contribution in [0.1, 0.15) is 40.2 Å². The Hall–Kier alpha value is -4.50. The van der Waals surface area contributed by atoms with E-state index in [1.165, 1.54) is 24.4 Å². The van der Waals surface area contributed by atoms with Crippen LogP contribution in [-0.4, -0.2) is 44.7 Å². The molecule has 0 bridgehead atoms. The van der Waals surface area contributed by atoms with Crippen LogP contribution in [0.5, 0.6) is 0 Å². The average Bonchev–Trinajstić information content (AvgIpc) is 3.42. The molecule has 0 unspecified atom stereocenters. The predicted molar refractivity (Wildman–Crippen MR) is 146 cm³/mol. The average molecular weight is 530 g/mol. The smallest absolute Gasteiger partial charge is 0.276 e. The Morgan fingerprint density at radius 3 is 2.58 bits per heavy atom. The number of piperidine rings is 1. The number of halogens is 1. The SMILES string of the molecule is O=C(/C=C/c1ccccc1[N+](=O)[O-])Nc1ccc(C2CCN(C(=O)c3cnc4[nH]ccc4c3Cl)CC2)cc1. The molecule has 0 radical (unpaired) electrons.